The molecule has 0 aliphatic rings. The van der Waals surface area contributed by atoms with E-state index in [-0.39, 0.29) is 18.6 Å². The minimum Gasteiger partial charge on any atom is -0.483 e. The lowest BCUT2D eigenvalue weighted by molar-refractivity contribution is -0.123. The Kier molecular flexibility index (Phi) is 6.18. The lowest BCUT2D eigenvalue weighted by Crippen LogP contribution is -2.32. The van der Waals surface area contributed by atoms with Crippen LogP contribution in [0.5, 0.6) is 5.75 Å². The zero-order valence-corrected chi connectivity index (χ0v) is 13.5. The zero-order chi connectivity index (χ0) is 16.7. The Morgan fingerprint density at radius 3 is 2.57 bits per heavy atom. The number of hydrogen-bond donors (Lipinski definition) is 1. The summed E-state index contributed by atoms with van der Waals surface area (Å²) in [4.78, 5) is 23.0. The van der Waals surface area contributed by atoms with E-state index in [2.05, 4.69) is 5.32 Å². The molecule has 0 radical (unpaired) electrons. The van der Waals surface area contributed by atoms with Crippen molar-refractivity contribution in [3.05, 3.63) is 64.7 Å². The molecule has 120 valence electrons. The number of carbonyl (C=O) groups is 2. The van der Waals surface area contributed by atoms with Crippen molar-refractivity contribution in [3.63, 3.8) is 0 Å². The molecule has 0 aliphatic heterocycles. The van der Waals surface area contributed by atoms with Gasteiger partial charge in [0, 0.05) is 5.02 Å². The van der Waals surface area contributed by atoms with Crippen LogP contribution in [-0.4, -0.2) is 18.8 Å². The summed E-state index contributed by atoms with van der Waals surface area (Å²) in [6.07, 6.45) is 1.45. The van der Waals surface area contributed by atoms with Crippen molar-refractivity contribution in [2.45, 2.75) is 19.4 Å². The molecule has 5 heteroatoms. The molecule has 2 rings (SSSR count). The summed E-state index contributed by atoms with van der Waals surface area (Å²) < 4.78 is 5.43. The lowest BCUT2D eigenvalue weighted by atomic mass is 10.0. The number of benzene rings is 2. The second kappa shape index (κ2) is 8.34. The van der Waals surface area contributed by atoms with Gasteiger partial charge in [0.2, 0.25) is 0 Å². The first kappa shape index (κ1) is 17.0. The normalized spacial score (nSPS) is 11.6. The summed E-state index contributed by atoms with van der Waals surface area (Å²) in [5.74, 6) is 0.157. The van der Waals surface area contributed by atoms with E-state index in [1.54, 1.807) is 36.4 Å². The van der Waals surface area contributed by atoms with Crippen molar-refractivity contribution in [2.75, 3.05) is 6.61 Å². The van der Waals surface area contributed by atoms with Crippen molar-refractivity contribution in [1.82, 2.24) is 5.32 Å². The SMILES string of the molecule is CCC(NC(=O)COc1ccccc1C=O)c1ccc(Cl)cc1. The van der Waals surface area contributed by atoms with Gasteiger partial charge in [-0.3, -0.25) is 9.59 Å². The van der Waals surface area contributed by atoms with Gasteiger partial charge in [0.25, 0.3) is 5.91 Å². The van der Waals surface area contributed by atoms with Gasteiger partial charge in [-0.1, -0.05) is 42.8 Å². The predicted molar refractivity (Wildman–Crippen MR) is 90.0 cm³/mol. The second-order valence-corrected chi connectivity index (χ2v) is 5.46. The molecule has 1 N–H and O–H groups in total. The maximum atomic E-state index is 12.1. The van der Waals surface area contributed by atoms with Crippen molar-refractivity contribution >= 4 is 23.8 Å². The zero-order valence-electron chi connectivity index (χ0n) is 12.8. The van der Waals surface area contributed by atoms with Crippen LogP contribution < -0.4 is 10.1 Å². The van der Waals surface area contributed by atoms with Crippen LogP contribution >= 0.6 is 11.6 Å². The molecule has 0 saturated heterocycles. The van der Waals surface area contributed by atoms with E-state index in [0.29, 0.717) is 22.6 Å². The molecule has 1 atom stereocenters. The number of hydrogen-bond acceptors (Lipinski definition) is 3. The van der Waals surface area contributed by atoms with Gasteiger partial charge in [0.15, 0.2) is 12.9 Å². The number of rotatable bonds is 7. The van der Waals surface area contributed by atoms with Gasteiger partial charge in [-0.2, -0.15) is 0 Å². The van der Waals surface area contributed by atoms with Crippen LogP contribution in [0.4, 0.5) is 0 Å². The first-order valence-electron chi connectivity index (χ1n) is 7.36. The summed E-state index contributed by atoms with van der Waals surface area (Å²) in [5.41, 5.74) is 1.41. The Hall–Kier alpha value is -2.33. The second-order valence-electron chi connectivity index (χ2n) is 5.02. The number of carbonyl (C=O) groups excluding carboxylic acids is 2. The number of halogens is 1. The Labute approximate surface area is 140 Å². The fourth-order valence-corrected chi connectivity index (χ4v) is 2.33. The molecule has 0 bridgehead atoms. The van der Waals surface area contributed by atoms with E-state index in [1.807, 2.05) is 19.1 Å². The van der Waals surface area contributed by atoms with Crippen LogP contribution in [0.15, 0.2) is 48.5 Å². The van der Waals surface area contributed by atoms with Crippen LogP contribution in [0.2, 0.25) is 5.02 Å². The maximum Gasteiger partial charge on any atom is 0.258 e. The van der Waals surface area contributed by atoms with Crippen molar-refractivity contribution < 1.29 is 14.3 Å². The van der Waals surface area contributed by atoms with Crippen molar-refractivity contribution in [1.29, 1.82) is 0 Å². The molecule has 0 aliphatic carbocycles. The van der Waals surface area contributed by atoms with Gasteiger partial charge < -0.3 is 10.1 Å². The van der Waals surface area contributed by atoms with Gasteiger partial charge in [0.05, 0.1) is 11.6 Å². The predicted octanol–water partition coefficient (Wildman–Crippen LogP) is 3.80. The van der Waals surface area contributed by atoms with E-state index in [1.165, 1.54) is 0 Å². The van der Waals surface area contributed by atoms with E-state index >= 15 is 0 Å². The van der Waals surface area contributed by atoms with Crippen molar-refractivity contribution in [3.8, 4) is 5.75 Å². The van der Waals surface area contributed by atoms with Crippen LogP contribution in [0.3, 0.4) is 0 Å². The monoisotopic (exact) mass is 331 g/mol. The average molecular weight is 332 g/mol. The molecule has 4 nitrogen and oxygen atoms in total. The van der Waals surface area contributed by atoms with Gasteiger partial charge >= 0.3 is 0 Å². The number of ether oxygens (including phenoxy) is 1. The van der Waals surface area contributed by atoms with Gasteiger partial charge in [-0.25, -0.2) is 0 Å². The van der Waals surface area contributed by atoms with E-state index in [9.17, 15) is 9.59 Å². The van der Waals surface area contributed by atoms with Crippen LogP contribution in [0.25, 0.3) is 0 Å². The molecular weight excluding hydrogens is 314 g/mol. The minimum atomic E-state index is -0.243. The highest BCUT2D eigenvalue weighted by Crippen LogP contribution is 2.19. The summed E-state index contributed by atoms with van der Waals surface area (Å²) in [6, 6.07) is 14.1. The molecule has 2 aromatic rings. The van der Waals surface area contributed by atoms with Gasteiger partial charge in [0.1, 0.15) is 5.75 Å². The topological polar surface area (TPSA) is 55.4 Å². The van der Waals surface area contributed by atoms with Gasteiger partial charge in [-0.15, -0.1) is 0 Å². The van der Waals surface area contributed by atoms with E-state index < -0.39 is 0 Å². The summed E-state index contributed by atoms with van der Waals surface area (Å²) >= 11 is 5.88. The number of aldehydes is 1. The third kappa shape index (κ3) is 4.83. The van der Waals surface area contributed by atoms with E-state index in [0.717, 1.165) is 12.0 Å². The maximum absolute atomic E-state index is 12.1. The molecule has 23 heavy (non-hydrogen) atoms. The quantitative estimate of drug-likeness (QED) is 0.785. The minimum absolute atomic E-state index is 0.107. The Balaban J connectivity index is 1.95. The fourth-order valence-electron chi connectivity index (χ4n) is 2.20. The number of amides is 1. The highest BCUT2D eigenvalue weighted by atomic mass is 35.5. The summed E-state index contributed by atoms with van der Waals surface area (Å²) in [6.45, 7) is 1.84. The smallest absolute Gasteiger partial charge is 0.258 e. The van der Waals surface area contributed by atoms with Crippen LogP contribution in [0, 0.1) is 0 Å². The molecule has 0 spiro atoms. The summed E-state index contributed by atoms with van der Waals surface area (Å²) in [7, 11) is 0. The first-order chi connectivity index (χ1) is 11.1. The molecule has 0 saturated carbocycles. The highest BCUT2D eigenvalue weighted by Gasteiger charge is 2.13. The number of para-hydroxylation sites is 1. The molecule has 2 aromatic carbocycles. The summed E-state index contributed by atoms with van der Waals surface area (Å²) in [5, 5.41) is 3.57. The number of nitrogens with one attached hydrogen (secondary N) is 1. The van der Waals surface area contributed by atoms with Crippen LogP contribution in [0.1, 0.15) is 35.3 Å². The van der Waals surface area contributed by atoms with Crippen molar-refractivity contribution in [2.24, 2.45) is 0 Å². The molecule has 1 amide bonds. The Bertz CT molecular complexity index is 670. The van der Waals surface area contributed by atoms with Gasteiger partial charge in [-0.05, 0) is 36.2 Å². The lowest BCUT2D eigenvalue weighted by Gasteiger charge is -2.18. The molecule has 0 aromatic heterocycles. The van der Waals surface area contributed by atoms with Crippen LogP contribution in [-0.2, 0) is 4.79 Å². The third-order valence-corrected chi connectivity index (χ3v) is 3.67. The molecule has 0 heterocycles. The van der Waals surface area contributed by atoms with E-state index in [4.69, 9.17) is 16.3 Å². The molecular formula is C18H18ClNO3. The standard InChI is InChI=1S/C18H18ClNO3/c1-2-16(13-7-9-15(19)10-8-13)20-18(22)12-23-17-6-4-3-5-14(17)11-21/h3-11,16H,2,12H2,1H3,(H,20,22). The molecule has 0 fully saturated rings. The Morgan fingerprint density at radius 1 is 1.22 bits per heavy atom. The first-order valence-corrected chi connectivity index (χ1v) is 7.73. The largest absolute Gasteiger partial charge is 0.483 e. The highest BCUT2D eigenvalue weighted by molar-refractivity contribution is 6.30. The fraction of sp³-hybridized carbons (Fsp3) is 0.222. The Morgan fingerprint density at radius 2 is 1.91 bits per heavy atom. The average Bonchev–Trinajstić information content (AvgIpc) is 2.59. The molecule has 1 unspecified atom stereocenters. The third-order valence-electron chi connectivity index (χ3n) is 3.42.